The smallest absolute Gasteiger partial charge is 0.216 e. The number of hydrogen-bond donors (Lipinski definition) is 2. The van der Waals surface area contributed by atoms with Crippen LogP contribution in [0.4, 0.5) is 0 Å². The molecular weight excluding hydrogens is 368 g/mol. The summed E-state index contributed by atoms with van der Waals surface area (Å²) in [5.41, 5.74) is 1.37. The van der Waals surface area contributed by atoms with Crippen LogP contribution in [0.5, 0.6) is 5.75 Å². The zero-order valence-corrected chi connectivity index (χ0v) is 15.0. The number of aromatic hydroxyl groups is 1. The minimum atomic E-state index is 0.116. The molecule has 0 saturated carbocycles. The van der Waals surface area contributed by atoms with E-state index in [0.29, 0.717) is 26.6 Å². The number of phenols is 1. The molecule has 0 aliphatic carbocycles. The lowest BCUT2D eigenvalue weighted by atomic mass is 10.1. The van der Waals surface area contributed by atoms with E-state index < -0.39 is 0 Å². The molecule has 26 heavy (non-hydrogen) atoms. The summed E-state index contributed by atoms with van der Waals surface area (Å²) >= 11 is 11.6. The number of aromatic amines is 1. The Morgan fingerprint density at radius 3 is 2.54 bits per heavy atom. The molecular formula is C19H13ClN4OS. The number of nitrogens with one attached hydrogen (secondary N) is 1. The predicted octanol–water partition coefficient (Wildman–Crippen LogP) is 5.00. The molecule has 3 aromatic carbocycles. The molecule has 4 rings (SSSR count). The van der Waals surface area contributed by atoms with E-state index in [1.54, 1.807) is 6.07 Å². The fraction of sp³-hybridized carbons (Fsp3) is 0. The topological polar surface area (TPSA) is 66.2 Å². The Morgan fingerprint density at radius 2 is 1.77 bits per heavy atom. The average molecular weight is 381 g/mol. The number of benzene rings is 3. The molecule has 0 radical (unpaired) electrons. The number of rotatable bonds is 3. The number of halogens is 1. The first-order valence-electron chi connectivity index (χ1n) is 7.82. The van der Waals surface area contributed by atoms with Crippen molar-refractivity contribution in [1.29, 1.82) is 0 Å². The maximum atomic E-state index is 10.5. The fourth-order valence-corrected chi connectivity index (χ4v) is 3.19. The largest absolute Gasteiger partial charge is 0.507 e. The molecule has 0 fully saturated rings. The van der Waals surface area contributed by atoms with Gasteiger partial charge in [-0.05, 0) is 18.3 Å². The third-order valence-electron chi connectivity index (χ3n) is 3.99. The Kier molecular flexibility index (Phi) is 4.28. The molecule has 1 aromatic heterocycles. The van der Waals surface area contributed by atoms with Crippen molar-refractivity contribution >= 4 is 40.8 Å². The third kappa shape index (κ3) is 2.89. The van der Waals surface area contributed by atoms with E-state index in [9.17, 15) is 5.11 Å². The van der Waals surface area contributed by atoms with Crippen molar-refractivity contribution in [1.82, 2.24) is 14.9 Å². The maximum absolute atomic E-state index is 10.5. The highest BCUT2D eigenvalue weighted by Crippen LogP contribution is 2.33. The normalized spacial score (nSPS) is 11.4. The van der Waals surface area contributed by atoms with Crippen LogP contribution in [0.2, 0.25) is 5.02 Å². The Balaban J connectivity index is 1.81. The number of aromatic nitrogens is 3. The van der Waals surface area contributed by atoms with E-state index >= 15 is 0 Å². The first kappa shape index (κ1) is 16.5. The van der Waals surface area contributed by atoms with E-state index in [0.717, 1.165) is 10.9 Å². The van der Waals surface area contributed by atoms with Gasteiger partial charge in [-0.1, -0.05) is 66.2 Å². The van der Waals surface area contributed by atoms with Crippen molar-refractivity contribution in [3.05, 3.63) is 76.0 Å². The molecule has 0 spiro atoms. The van der Waals surface area contributed by atoms with Gasteiger partial charge in [0.2, 0.25) is 4.77 Å². The summed E-state index contributed by atoms with van der Waals surface area (Å²) in [6.07, 6.45) is 1.52. The van der Waals surface area contributed by atoms with Crippen LogP contribution in [0.15, 0.2) is 65.8 Å². The molecule has 0 bridgehead atoms. The lowest BCUT2D eigenvalue weighted by Gasteiger charge is -2.07. The third-order valence-corrected chi connectivity index (χ3v) is 4.57. The Bertz CT molecular complexity index is 1180. The van der Waals surface area contributed by atoms with Gasteiger partial charge in [-0.2, -0.15) is 14.9 Å². The summed E-state index contributed by atoms with van der Waals surface area (Å²) in [7, 11) is 0. The molecule has 128 valence electrons. The molecule has 4 aromatic rings. The van der Waals surface area contributed by atoms with Crippen molar-refractivity contribution in [3.8, 4) is 17.1 Å². The number of nitrogens with zero attached hydrogens (tertiary/aromatic N) is 3. The quantitative estimate of drug-likeness (QED) is 0.388. The standard InChI is InChI=1S/C19H13ClN4OS/c20-16-10-13(17(25)15-9-5-4-8-14(15)16)11-21-24-18(22-23-19(24)26)12-6-2-1-3-7-12/h1-11,25H,(H,23,26)/b21-11+. The molecule has 0 amide bonds. The van der Waals surface area contributed by atoms with Gasteiger partial charge in [0.05, 0.1) is 6.21 Å². The van der Waals surface area contributed by atoms with E-state index in [1.807, 2.05) is 54.6 Å². The number of phenolic OH excluding ortho intramolecular Hbond substituents is 1. The van der Waals surface area contributed by atoms with E-state index in [2.05, 4.69) is 15.3 Å². The second-order valence-electron chi connectivity index (χ2n) is 5.62. The van der Waals surface area contributed by atoms with Crippen molar-refractivity contribution < 1.29 is 5.11 Å². The molecule has 2 N–H and O–H groups in total. The van der Waals surface area contributed by atoms with Crippen LogP contribution < -0.4 is 0 Å². The molecule has 7 heteroatoms. The van der Waals surface area contributed by atoms with Gasteiger partial charge in [0.1, 0.15) is 5.75 Å². The zero-order chi connectivity index (χ0) is 18.1. The second-order valence-corrected chi connectivity index (χ2v) is 6.41. The van der Waals surface area contributed by atoms with Gasteiger partial charge in [0, 0.05) is 26.9 Å². The van der Waals surface area contributed by atoms with Gasteiger partial charge in [0.25, 0.3) is 0 Å². The second kappa shape index (κ2) is 6.74. The van der Waals surface area contributed by atoms with Crippen molar-refractivity contribution in [2.45, 2.75) is 0 Å². The summed E-state index contributed by atoms with van der Waals surface area (Å²) in [5, 5.41) is 23.9. The summed E-state index contributed by atoms with van der Waals surface area (Å²) in [6.45, 7) is 0. The summed E-state index contributed by atoms with van der Waals surface area (Å²) in [4.78, 5) is 0. The van der Waals surface area contributed by atoms with Crippen LogP contribution in [0.25, 0.3) is 22.2 Å². The first-order chi connectivity index (χ1) is 12.6. The Labute approximate surface area is 159 Å². The van der Waals surface area contributed by atoms with Gasteiger partial charge in [-0.25, -0.2) is 5.10 Å². The van der Waals surface area contributed by atoms with E-state index in [-0.39, 0.29) is 5.75 Å². The molecule has 0 unspecified atom stereocenters. The molecule has 0 aliphatic heterocycles. The molecule has 0 aliphatic rings. The molecule has 1 heterocycles. The molecule has 0 atom stereocenters. The van der Waals surface area contributed by atoms with Gasteiger partial charge in [-0.15, -0.1) is 0 Å². The SMILES string of the molecule is Oc1c(/C=N/n2c(-c3ccccc3)n[nH]c2=S)cc(Cl)c2ccccc12. The average Bonchev–Trinajstić information content (AvgIpc) is 3.05. The van der Waals surface area contributed by atoms with Crippen molar-refractivity contribution in [2.24, 2.45) is 5.10 Å². The highest BCUT2D eigenvalue weighted by atomic mass is 35.5. The van der Waals surface area contributed by atoms with Crippen molar-refractivity contribution in [2.75, 3.05) is 0 Å². The summed E-state index contributed by atoms with van der Waals surface area (Å²) < 4.78 is 1.86. The van der Waals surface area contributed by atoms with Gasteiger partial charge in [0.15, 0.2) is 5.82 Å². The van der Waals surface area contributed by atoms with Gasteiger partial charge in [-0.3, -0.25) is 0 Å². The van der Waals surface area contributed by atoms with Crippen molar-refractivity contribution in [3.63, 3.8) is 0 Å². The number of H-pyrrole nitrogens is 1. The zero-order valence-electron chi connectivity index (χ0n) is 13.4. The summed E-state index contributed by atoms with van der Waals surface area (Å²) in [5.74, 6) is 0.697. The van der Waals surface area contributed by atoms with E-state index in [1.165, 1.54) is 10.9 Å². The van der Waals surface area contributed by atoms with Crippen LogP contribution in [-0.2, 0) is 0 Å². The Hall–Kier alpha value is -2.96. The van der Waals surface area contributed by atoms with Crippen LogP contribution >= 0.6 is 23.8 Å². The molecule has 0 saturated heterocycles. The number of fused-ring (bicyclic) bond motifs is 1. The molecule has 5 nitrogen and oxygen atoms in total. The highest BCUT2D eigenvalue weighted by molar-refractivity contribution is 7.71. The maximum Gasteiger partial charge on any atom is 0.216 e. The van der Waals surface area contributed by atoms with Crippen LogP contribution in [0, 0.1) is 4.77 Å². The lowest BCUT2D eigenvalue weighted by molar-refractivity contribution is 0.481. The minimum absolute atomic E-state index is 0.116. The highest BCUT2D eigenvalue weighted by Gasteiger charge is 2.10. The minimum Gasteiger partial charge on any atom is -0.507 e. The predicted molar refractivity (Wildman–Crippen MR) is 106 cm³/mol. The van der Waals surface area contributed by atoms with Gasteiger partial charge >= 0.3 is 0 Å². The van der Waals surface area contributed by atoms with E-state index in [4.69, 9.17) is 23.8 Å². The van der Waals surface area contributed by atoms with Crippen LogP contribution in [0.1, 0.15) is 5.56 Å². The first-order valence-corrected chi connectivity index (χ1v) is 8.61. The Morgan fingerprint density at radius 1 is 1.08 bits per heavy atom. The fourth-order valence-electron chi connectivity index (χ4n) is 2.73. The lowest BCUT2D eigenvalue weighted by Crippen LogP contribution is -1.95. The van der Waals surface area contributed by atoms with Gasteiger partial charge < -0.3 is 5.11 Å². The summed E-state index contributed by atoms with van der Waals surface area (Å²) in [6, 6.07) is 18.7. The van der Waals surface area contributed by atoms with Crippen LogP contribution in [-0.4, -0.2) is 26.2 Å². The van der Waals surface area contributed by atoms with Crippen LogP contribution in [0.3, 0.4) is 0 Å². The number of hydrogen-bond acceptors (Lipinski definition) is 4. The monoisotopic (exact) mass is 380 g/mol.